The van der Waals surface area contributed by atoms with Crippen molar-refractivity contribution < 1.29 is 0 Å². The number of rotatable bonds is 2. The third-order valence-electron chi connectivity index (χ3n) is 2.80. The van der Waals surface area contributed by atoms with Crippen molar-refractivity contribution in [1.82, 2.24) is 9.55 Å². The zero-order chi connectivity index (χ0) is 11.7. The normalized spacial score (nSPS) is 12.8. The van der Waals surface area contributed by atoms with Crippen molar-refractivity contribution in [2.24, 2.45) is 12.8 Å². The Balaban J connectivity index is 2.37. The highest BCUT2D eigenvalue weighted by Crippen LogP contribution is 2.21. The molecule has 0 radical (unpaired) electrons. The zero-order valence-corrected chi connectivity index (χ0v) is 9.94. The first-order chi connectivity index (χ1) is 7.58. The van der Waals surface area contributed by atoms with E-state index in [-0.39, 0.29) is 6.04 Å². The summed E-state index contributed by atoms with van der Waals surface area (Å²) in [5, 5.41) is 0. The molecule has 2 aromatic rings. The lowest BCUT2D eigenvalue weighted by molar-refractivity contribution is 0.826. The molecule has 16 heavy (non-hydrogen) atoms. The summed E-state index contributed by atoms with van der Waals surface area (Å²) in [6, 6.07) is 6.19. The summed E-state index contributed by atoms with van der Waals surface area (Å²) >= 11 is 0. The van der Waals surface area contributed by atoms with Crippen molar-refractivity contribution in [2.75, 3.05) is 0 Å². The van der Waals surface area contributed by atoms with Crippen LogP contribution in [0.15, 0.2) is 30.7 Å². The minimum atomic E-state index is -0.137. The summed E-state index contributed by atoms with van der Waals surface area (Å²) in [4.78, 5) is 4.29. The van der Waals surface area contributed by atoms with Crippen LogP contribution in [0.1, 0.15) is 28.4 Å². The van der Waals surface area contributed by atoms with Crippen LogP contribution in [0.3, 0.4) is 0 Å². The summed E-state index contributed by atoms with van der Waals surface area (Å²) in [7, 11) is 1.95. The van der Waals surface area contributed by atoms with E-state index in [1.165, 1.54) is 11.1 Å². The Morgan fingerprint density at radius 2 is 2.06 bits per heavy atom. The Morgan fingerprint density at radius 1 is 1.31 bits per heavy atom. The van der Waals surface area contributed by atoms with Gasteiger partial charge in [-0.15, -0.1) is 0 Å². The monoisotopic (exact) mass is 215 g/mol. The van der Waals surface area contributed by atoms with E-state index in [2.05, 4.69) is 37.0 Å². The molecule has 1 atom stereocenters. The average Bonchev–Trinajstić information content (AvgIpc) is 2.64. The second-order valence-electron chi connectivity index (χ2n) is 4.30. The van der Waals surface area contributed by atoms with Gasteiger partial charge in [0.05, 0.1) is 18.1 Å². The van der Waals surface area contributed by atoms with Crippen molar-refractivity contribution >= 4 is 0 Å². The molecule has 0 bridgehead atoms. The molecule has 1 unspecified atom stereocenters. The molecule has 0 aliphatic carbocycles. The van der Waals surface area contributed by atoms with Crippen molar-refractivity contribution in [3.05, 3.63) is 53.1 Å². The second kappa shape index (κ2) is 4.10. The summed E-state index contributed by atoms with van der Waals surface area (Å²) in [6.07, 6.45) is 3.74. The van der Waals surface area contributed by atoms with E-state index in [0.717, 1.165) is 11.3 Å². The number of nitrogens with zero attached hydrogens (tertiary/aromatic N) is 2. The van der Waals surface area contributed by atoms with Gasteiger partial charge in [0.25, 0.3) is 0 Å². The molecule has 0 aliphatic rings. The lowest BCUT2D eigenvalue weighted by Gasteiger charge is -2.13. The third-order valence-corrected chi connectivity index (χ3v) is 2.80. The predicted molar refractivity (Wildman–Crippen MR) is 65.2 cm³/mol. The minimum absolute atomic E-state index is 0.137. The van der Waals surface area contributed by atoms with Crippen LogP contribution < -0.4 is 5.73 Å². The quantitative estimate of drug-likeness (QED) is 0.833. The van der Waals surface area contributed by atoms with Gasteiger partial charge in [-0.1, -0.05) is 23.8 Å². The van der Waals surface area contributed by atoms with E-state index >= 15 is 0 Å². The molecule has 0 aliphatic heterocycles. The van der Waals surface area contributed by atoms with Gasteiger partial charge < -0.3 is 10.3 Å². The fourth-order valence-corrected chi connectivity index (χ4v) is 1.93. The van der Waals surface area contributed by atoms with Gasteiger partial charge in [0.15, 0.2) is 0 Å². The maximum Gasteiger partial charge on any atom is 0.0947 e. The van der Waals surface area contributed by atoms with Crippen LogP contribution in [0, 0.1) is 13.8 Å². The Kier molecular flexibility index (Phi) is 2.79. The summed E-state index contributed by atoms with van der Waals surface area (Å²) in [6.45, 7) is 4.17. The smallest absolute Gasteiger partial charge is 0.0947 e. The number of benzene rings is 1. The van der Waals surface area contributed by atoms with Crippen LogP contribution in [0.2, 0.25) is 0 Å². The van der Waals surface area contributed by atoms with Gasteiger partial charge in [-0.05, 0) is 25.0 Å². The fourth-order valence-electron chi connectivity index (χ4n) is 1.93. The van der Waals surface area contributed by atoms with Gasteiger partial charge in [-0.3, -0.25) is 0 Å². The van der Waals surface area contributed by atoms with Crippen molar-refractivity contribution in [3.63, 3.8) is 0 Å². The zero-order valence-electron chi connectivity index (χ0n) is 9.94. The lowest BCUT2D eigenvalue weighted by Crippen LogP contribution is -2.13. The molecule has 2 N–H and O–H groups in total. The maximum absolute atomic E-state index is 6.20. The Bertz CT molecular complexity index is 500. The average molecular weight is 215 g/mol. The van der Waals surface area contributed by atoms with Crippen molar-refractivity contribution in [3.8, 4) is 0 Å². The summed E-state index contributed by atoms with van der Waals surface area (Å²) in [5.74, 6) is 0. The molecule has 0 fully saturated rings. The standard InChI is InChI=1S/C13H17N3/c1-9-4-5-11(10(2)6-9)13(14)12-7-16(3)8-15-12/h4-8,13H,14H2,1-3H3. The van der Waals surface area contributed by atoms with E-state index in [4.69, 9.17) is 5.73 Å². The third kappa shape index (κ3) is 1.99. The Morgan fingerprint density at radius 3 is 2.62 bits per heavy atom. The second-order valence-corrected chi connectivity index (χ2v) is 4.30. The van der Waals surface area contributed by atoms with Gasteiger partial charge in [-0.2, -0.15) is 0 Å². The van der Waals surface area contributed by atoms with E-state index in [9.17, 15) is 0 Å². The van der Waals surface area contributed by atoms with Crippen LogP contribution in [-0.2, 0) is 7.05 Å². The van der Waals surface area contributed by atoms with Crippen LogP contribution in [0.25, 0.3) is 0 Å². The number of hydrogen-bond acceptors (Lipinski definition) is 2. The molecular weight excluding hydrogens is 198 g/mol. The van der Waals surface area contributed by atoms with Gasteiger partial charge >= 0.3 is 0 Å². The molecule has 84 valence electrons. The molecule has 1 aromatic carbocycles. The van der Waals surface area contributed by atoms with Crippen LogP contribution in [0.4, 0.5) is 0 Å². The molecule has 0 saturated carbocycles. The topological polar surface area (TPSA) is 43.8 Å². The molecule has 3 heteroatoms. The SMILES string of the molecule is Cc1ccc(C(N)c2cn(C)cn2)c(C)c1. The van der Waals surface area contributed by atoms with Crippen molar-refractivity contribution in [2.45, 2.75) is 19.9 Å². The van der Waals surface area contributed by atoms with Gasteiger partial charge in [-0.25, -0.2) is 4.98 Å². The first-order valence-corrected chi connectivity index (χ1v) is 5.38. The first kappa shape index (κ1) is 10.9. The Labute approximate surface area is 95.9 Å². The lowest BCUT2D eigenvalue weighted by atomic mass is 9.98. The van der Waals surface area contributed by atoms with Gasteiger partial charge in [0.1, 0.15) is 0 Å². The number of nitrogens with two attached hydrogens (primary N) is 1. The molecule has 0 amide bonds. The van der Waals surface area contributed by atoms with E-state index in [1.54, 1.807) is 6.33 Å². The first-order valence-electron chi connectivity index (χ1n) is 5.38. The van der Waals surface area contributed by atoms with Crippen LogP contribution in [-0.4, -0.2) is 9.55 Å². The van der Waals surface area contributed by atoms with E-state index in [0.29, 0.717) is 0 Å². The van der Waals surface area contributed by atoms with Gasteiger partial charge in [0.2, 0.25) is 0 Å². The highest BCUT2D eigenvalue weighted by atomic mass is 15.0. The fraction of sp³-hybridized carbons (Fsp3) is 0.308. The van der Waals surface area contributed by atoms with E-state index in [1.807, 2.05) is 17.8 Å². The highest BCUT2D eigenvalue weighted by molar-refractivity contribution is 5.36. The summed E-state index contributed by atoms with van der Waals surface area (Å²) < 4.78 is 1.92. The number of hydrogen-bond donors (Lipinski definition) is 1. The minimum Gasteiger partial charge on any atom is -0.340 e. The van der Waals surface area contributed by atoms with Crippen LogP contribution in [0.5, 0.6) is 0 Å². The van der Waals surface area contributed by atoms with E-state index < -0.39 is 0 Å². The van der Waals surface area contributed by atoms with Crippen LogP contribution >= 0.6 is 0 Å². The molecule has 0 spiro atoms. The largest absolute Gasteiger partial charge is 0.340 e. The summed E-state index contributed by atoms with van der Waals surface area (Å²) in [5.41, 5.74) is 10.7. The number of imidazole rings is 1. The molecule has 1 heterocycles. The van der Waals surface area contributed by atoms with Crippen molar-refractivity contribution in [1.29, 1.82) is 0 Å². The highest BCUT2D eigenvalue weighted by Gasteiger charge is 2.13. The Hall–Kier alpha value is -1.61. The molecule has 1 aromatic heterocycles. The number of aryl methyl sites for hydroxylation is 3. The molecule has 3 nitrogen and oxygen atoms in total. The number of aromatic nitrogens is 2. The molecular formula is C13H17N3. The molecule has 2 rings (SSSR count). The predicted octanol–water partition coefficient (Wildman–Crippen LogP) is 2.09. The molecule has 0 saturated heterocycles. The van der Waals surface area contributed by atoms with Gasteiger partial charge in [0, 0.05) is 13.2 Å². The maximum atomic E-state index is 6.20.